The second kappa shape index (κ2) is 5.48. The van der Waals surface area contributed by atoms with Gasteiger partial charge in [0.15, 0.2) is 0 Å². The monoisotopic (exact) mass is 230 g/mol. The molecule has 0 saturated heterocycles. The molecule has 3 nitrogen and oxygen atoms in total. The van der Waals surface area contributed by atoms with E-state index in [1.165, 1.54) is 6.42 Å². The predicted octanol–water partition coefficient (Wildman–Crippen LogP) is 1.96. The van der Waals surface area contributed by atoms with Crippen LogP contribution in [0.5, 0.6) is 0 Å². The van der Waals surface area contributed by atoms with E-state index in [0.717, 1.165) is 25.7 Å². The van der Waals surface area contributed by atoms with Crippen LogP contribution >= 0.6 is 0 Å². The van der Waals surface area contributed by atoms with Crippen LogP contribution in [0.25, 0.3) is 0 Å². The van der Waals surface area contributed by atoms with Gasteiger partial charge in [-0.25, -0.2) is 0 Å². The van der Waals surface area contributed by atoms with Crippen molar-refractivity contribution < 1.29 is 14.9 Å². The molecule has 3 atom stereocenters. The number of aliphatic hydroxyl groups is 2. The first-order valence-electron chi connectivity index (χ1n) is 6.29. The van der Waals surface area contributed by atoms with E-state index in [1.54, 1.807) is 7.11 Å². The minimum Gasteiger partial charge on any atom is -0.396 e. The topological polar surface area (TPSA) is 49.7 Å². The highest BCUT2D eigenvalue weighted by atomic mass is 16.5. The first-order valence-corrected chi connectivity index (χ1v) is 6.29. The third-order valence-corrected chi connectivity index (χ3v) is 4.27. The SMILES string of the molecule is COCC(C)(CO)C1(O)CCCC(C)CC1. The molecule has 0 heterocycles. The van der Waals surface area contributed by atoms with E-state index in [2.05, 4.69) is 6.92 Å². The third-order valence-electron chi connectivity index (χ3n) is 4.27. The molecule has 3 unspecified atom stereocenters. The molecular weight excluding hydrogens is 204 g/mol. The molecule has 0 aliphatic heterocycles. The maximum Gasteiger partial charge on any atom is 0.0745 e. The Balaban J connectivity index is 2.79. The maximum absolute atomic E-state index is 10.8. The molecule has 1 aliphatic carbocycles. The Morgan fingerprint density at radius 3 is 2.62 bits per heavy atom. The molecule has 1 fully saturated rings. The lowest BCUT2D eigenvalue weighted by atomic mass is 9.70. The average molecular weight is 230 g/mol. The van der Waals surface area contributed by atoms with Crippen molar-refractivity contribution in [2.45, 2.75) is 51.6 Å². The Morgan fingerprint density at radius 2 is 2.06 bits per heavy atom. The van der Waals surface area contributed by atoms with Gasteiger partial charge in [-0.05, 0) is 25.2 Å². The summed E-state index contributed by atoms with van der Waals surface area (Å²) in [6.45, 7) is 4.55. The molecule has 0 spiro atoms. The van der Waals surface area contributed by atoms with Crippen molar-refractivity contribution in [3.8, 4) is 0 Å². The van der Waals surface area contributed by atoms with Crippen LogP contribution in [-0.2, 0) is 4.74 Å². The zero-order chi connectivity index (χ0) is 12.2. The van der Waals surface area contributed by atoms with E-state index in [9.17, 15) is 10.2 Å². The van der Waals surface area contributed by atoms with Gasteiger partial charge in [0.2, 0.25) is 0 Å². The Morgan fingerprint density at radius 1 is 1.38 bits per heavy atom. The lowest BCUT2D eigenvalue weighted by Crippen LogP contribution is -2.51. The van der Waals surface area contributed by atoms with Gasteiger partial charge in [0.05, 0.1) is 18.8 Å². The molecule has 96 valence electrons. The Hall–Kier alpha value is -0.120. The smallest absolute Gasteiger partial charge is 0.0745 e. The first-order chi connectivity index (χ1) is 7.47. The summed E-state index contributed by atoms with van der Waals surface area (Å²) in [5.74, 6) is 0.680. The van der Waals surface area contributed by atoms with Crippen LogP contribution < -0.4 is 0 Å². The lowest BCUT2D eigenvalue weighted by Gasteiger charge is -2.43. The number of hydrogen-bond donors (Lipinski definition) is 2. The molecule has 1 saturated carbocycles. The summed E-state index contributed by atoms with van der Waals surface area (Å²) in [4.78, 5) is 0. The highest BCUT2D eigenvalue weighted by molar-refractivity contribution is 4.97. The van der Waals surface area contributed by atoms with Crippen LogP contribution in [0.15, 0.2) is 0 Å². The maximum atomic E-state index is 10.8. The van der Waals surface area contributed by atoms with Gasteiger partial charge in [0.1, 0.15) is 0 Å². The zero-order valence-electron chi connectivity index (χ0n) is 10.8. The summed E-state index contributed by atoms with van der Waals surface area (Å²) in [6.07, 6.45) is 4.80. The van der Waals surface area contributed by atoms with Crippen molar-refractivity contribution in [1.29, 1.82) is 0 Å². The Labute approximate surface area is 98.8 Å². The van der Waals surface area contributed by atoms with Crippen LogP contribution in [0.4, 0.5) is 0 Å². The molecule has 0 radical (unpaired) electrons. The number of aliphatic hydroxyl groups excluding tert-OH is 1. The van der Waals surface area contributed by atoms with Gasteiger partial charge in [-0.2, -0.15) is 0 Å². The molecule has 0 aromatic carbocycles. The fourth-order valence-corrected chi connectivity index (χ4v) is 2.75. The van der Waals surface area contributed by atoms with Crippen LogP contribution in [0.1, 0.15) is 46.0 Å². The number of methoxy groups -OCH3 is 1. The van der Waals surface area contributed by atoms with Crippen LogP contribution in [-0.4, -0.2) is 36.1 Å². The normalized spacial score (nSPS) is 35.4. The summed E-state index contributed by atoms with van der Waals surface area (Å²) < 4.78 is 5.16. The molecule has 1 aliphatic rings. The fraction of sp³-hybridized carbons (Fsp3) is 1.00. The number of rotatable bonds is 4. The van der Waals surface area contributed by atoms with E-state index in [0.29, 0.717) is 12.5 Å². The molecule has 16 heavy (non-hydrogen) atoms. The standard InChI is InChI=1S/C13H26O3/c1-11-5-4-7-13(15,8-6-11)12(2,9-14)10-16-3/h11,14-15H,4-10H2,1-3H3. The molecule has 1 rings (SSSR count). The van der Waals surface area contributed by atoms with Crippen molar-refractivity contribution in [1.82, 2.24) is 0 Å². The highest BCUT2D eigenvalue weighted by Gasteiger charge is 2.46. The van der Waals surface area contributed by atoms with Gasteiger partial charge in [-0.1, -0.05) is 26.7 Å². The Bertz CT molecular complexity index is 219. The minimum absolute atomic E-state index is 0.0221. The van der Waals surface area contributed by atoms with Crippen LogP contribution in [0, 0.1) is 11.3 Å². The third kappa shape index (κ3) is 2.76. The van der Waals surface area contributed by atoms with E-state index >= 15 is 0 Å². The summed E-state index contributed by atoms with van der Waals surface area (Å²) in [7, 11) is 1.62. The second-order valence-corrected chi connectivity index (χ2v) is 5.72. The molecular formula is C13H26O3. The van der Waals surface area contributed by atoms with Crippen molar-refractivity contribution in [3.05, 3.63) is 0 Å². The van der Waals surface area contributed by atoms with Gasteiger partial charge in [0, 0.05) is 12.5 Å². The second-order valence-electron chi connectivity index (χ2n) is 5.72. The molecule has 2 N–H and O–H groups in total. The molecule has 0 aromatic heterocycles. The summed E-state index contributed by atoms with van der Waals surface area (Å²) in [5.41, 5.74) is -1.31. The van der Waals surface area contributed by atoms with Gasteiger partial charge in [-0.15, -0.1) is 0 Å². The van der Waals surface area contributed by atoms with Crippen LogP contribution in [0.2, 0.25) is 0 Å². The summed E-state index contributed by atoms with van der Waals surface area (Å²) in [6, 6.07) is 0. The van der Waals surface area contributed by atoms with E-state index in [4.69, 9.17) is 4.74 Å². The lowest BCUT2D eigenvalue weighted by molar-refractivity contribution is -0.136. The molecule has 0 aromatic rings. The van der Waals surface area contributed by atoms with Crippen molar-refractivity contribution >= 4 is 0 Å². The molecule has 3 heteroatoms. The van der Waals surface area contributed by atoms with Crippen LogP contribution in [0.3, 0.4) is 0 Å². The van der Waals surface area contributed by atoms with E-state index in [1.807, 2.05) is 6.92 Å². The summed E-state index contributed by atoms with van der Waals surface area (Å²) >= 11 is 0. The van der Waals surface area contributed by atoms with Crippen molar-refractivity contribution in [2.24, 2.45) is 11.3 Å². The quantitative estimate of drug-likeness (QED) is 0.726. The van der Waals surface area contributed by atoms with Gasteiger partial charge in [-0.3, -0.25) is 0 Å². The van der Waals surface area contributed by atoms with Gasteiger partial charge in [0.25, 0.3) is 0 Å². The van der Waals surface area contributed by atoms with E-state index in [-0.39, 0.29) is 6.61 Å². The highest BCUT2D eigenvalue weighted by Crippen LogP contribution is 2.42. The number of ether oxygens (including phenoxy) is 1. The largest absolute Gasteiger partial charge is 0.396 e. The Kier molecular flexibility index (Phi) is 4.77. The van der Waals surface area contributed by atoms with Gasteiger partial charge < -0.3 is 14.9 Å². The predicted molar refractivity (Wildman–Crippen MR) is 64.3 cm³/mol. The fourth-order valence-electron chi connectivity index (χ4n) is 2.75. The van der Waals surface area contributed by atoms with E-state index < -0.39 is 11.0 Å². The molecule has 0 bridgehead atoms. The summed E-state index contributed by atoms with van der Waals surface area (Å²) in [5, 5.41) is 20.3. The number of hydrogen-bond acceptors (Lipinski definition) is 3. The average Bonchev–Trinajstić information content (AvgIpc) is 2.42. The van der Waals surface area contributed by atoms with Gasteiger partial charge >= 0.3 is 0 Å². The minimum atomic E-state index is -0.775. The zero-order valence-corrected chi connectivity index (χ0v) is 10.8. The molecule has 0 amide bonds. The van der Waals surface area contributed by atoms with Crippen molar-refractivity contribution in [2.75, 3.05) is 20.3 Å². The van der Waals surface area contributed by atoms with Crippen molar-refractivity contribution in [3.63, 3.8) is 0 Å². The first kappa shape index (κ1) is 13.9.